The fourth-order valence-electron chi connectivity index (χ4n) is 1.61. The minimum absolute atomic E-state index is 0.0664. The van der Waals surface area contributed by atoms with Crippen LogP contribution in [0.25, 0.3) is 0 Å². The van der Waals surface area contributed by atoms with E-state index in [1.165, 1.54) is 42.1 Å². The maximum atomic E-state index is 3.36. The number of halogens is 1. The highest BCUT2D eigenvalue weighted by molar-refractivity contribution is 5.00. The summed E-state index contributed by atoms with van der Waals surface area (Å²) in [5, 5.41) is 0. The van der Waals surface area contributed by atoms with Crippen LogP contribution in [0.1, 0.15) is 51.9 Å². The van der Waals surface area contributed by atoms with E-state index >= 15 is 0 Å². The Kier molecular flexibility index (Phi) is 9.13. The standard InChI is InChI=1S/C16H22I/c1-2-3-4-5-6-7-8-12-15-17-16-13-10-9-11-14-16/h9-11,13-14H,2-8H2,1H3/q+1. The Morgan fingerprint density at radius 1 is 0.941 bits per heavy atom. The van der Waals surface area contributed by atoms with Gasteiger partial charge in [-0.1, -0.05) is 57.2 Å². The zero-order valence-corrected chi connectivity index (χ0v) is 12.9. The Bertz CT molecular complexity index is 332. The largest absolute Gasteiger partial charge is 0.419 e. The van der Waals surface area contributed by atoms with Crippen molar-refractivity contribution in [2.45, 2.75) is 51.9 Å². The topological polar surface area (TPSA) is 0 Å². The highest BCUT2D eigenvalue weighted by atomic mass is 127. The van der Waals surface area contributed by atoms with Gasteiger partial charge >= 0.3 is 21.2 Å². The molecule has 1 heteroatoms. The molecule has 0 spiro atoms. The van der Waals surface area contributed by atoms with E-state index in [-0.39, 0.29) is 21.2 Å². The smallest absolute Gasteiger partial charge is 0.0654 e. The highest BCUT2D eigenvalue weighted by Crippen LogP contribution is 2.05. The molecule has 0 saturated heterocycles. The quantitative estimate of drug-likeness (QED) is 0.402. The number of rotatable bonds is 7. The molecule has 92 valence electrons. The van der Waals surface area contributed by atoms with Gasteiger partial charge in [-0.3, -0.25) is 0 Å². The van der Waals surface area contributed by atoms with Gasteiger partial charge in [0.15, 0.2) is 3.93 Å². The van der Waals surface area contributed by atoms with E-state index in [2.05, 4.69) is 47.1 Å². The van der Waals surface area contributed by atoms with Gasteiger partial charge in [-0.2, -0.15) is 0 Å². The van der Waals surface area contributed by atoms with Crippen LogP contribution in [0.4, 0.5) is 0 Å². The summed E-state index contributed by atoms with van der Waals surface area (Å²) in [5.41, 5.74) is 0. The summed E-state index contributed by atoms with van der Waals surface area (Å²) < 4.78 is 4.80. The van der Waals surface area contributed by atoms with E-state index < -0.39 is 0 Å². The summed E-state index contributed by atoms with van der Waals surface area (Å²) in [6.07, 6.45) is 9.27. The van der Waals surface area contributed by atoms with E-state index in [1.807, 2.05) is 0 Å². The van der Waals surface area contributed by atoms with Crippen LogP contribution in [0.5, 0.6) is 0 Å². The molecule has 1 rings (SSSR count). The van der Waals surface area contributed by atoms with E-state index in [0.29, 0.717) is 0 Å². The van der Waals surface area contributed by atoms with Crippen molar-refractivity contribution in [2.24, 2.45) is 0 Å². The summed E-state index contributed by atoms with van der Waals surface area (Å²) in [4.78, 5) is 0. The van der Waals surface area contributed by atoms with Crippen molar-refractivity contribution in [3.05, 3.63) is 33.9 Å². The van der Waals surface area contributed by atoms with Gasteiger partial charge in [-0.05, 0) is 24.5 Å². The minimum Gasteiger partial charge on any atom is -0.0654 e. The molecular weight excluding hydrogens is 319 g/mol. The Morgan fingerprint density at radius 3 is 2.41 bits per heavy atom. The first-order chi connectivity index (χ1) is 8.43. The molecule has 0 aliphatic heterocycles. The second-order valence-corrected chi connectivity index (χ2v) is 6.50. The number of hydrogen-bond donors (Lipinski definition) is 0. The Labute approximate surface area is 116 Å². The van der Waals surface area contributed by atoms with Crippen molar-refractivity contribution in [3.8, 4) is 9.85 Å². The SMILES string of the molecule is CCCCCCCCC#C[I+]c1ccccc1. The van der Waals surface area contributed by atoms with Gasteiger partial charge in [0.2, 0.25) is 3.57 Å². The molecule has 0 heterocycles. The lowest BCUT2D eigenvalue weighted by Gasteiger charge is -1.95. The monoisotopic (exact) mass is 341 g/mol. The van der Waals surface area contributed by atoms with Crippen LogP contribution >= 0.6 is 0 Å². The van der Waals surface area contributed by atoms with Crippen molar-refractivity contribution in [3.63, 3.8) is 0 Å². The van der Waals surface area contributed by atoms with Gasteiger partial charge < -0.3 is 0 Å². The van der Waals surface area contributed by atoms with Crippen molar-refractivity contribution >= 4 is 0 Å². The zero-order valence-electron chi connectivity index (χ0n) is 10.7. The van der Waals surface area contributed by atoms with E-state index in [4.69, 9.17) is 0 Å². The molecule has 0 radical (unpaired) electrons. The van der Waals surface area contributed by atoms with Crippen LogP contribution < -0.4 is 21.2 Å². The van der Waals surface area contributed by atoms with Crippen LogP contribution in [-0.4, -0.2) is 0 Å². The lowest BCUT2D eigenvalue weighted by molar-refractivity contribution is -0.535. The number of benzene rings is 1. The normalized spacial score (nSPS) is 9.71. The molecule has 0 saturated carbocycles. The molecule has 0 fully saturated rings. The first-order valence-electron chi connectivity index (χ1n) is 6.60. The van der Waals surface area contributed by atoms with Crippen molar-refractivity contribution in [1.29, 1.82) is 0 Å². The molecule has 0 aliphatic carbocycles. The third-order valence-corrected chi connectivity index (χ3v) is 4.60. The average molecular weight is 341 g/mol. The van der Waals surface area contributed by atoms with Crippen LogP contribution in [0.3, 0.4) is 0 Å². The zero-order chi connectivity index (χ0) is 12.2. The predicted octanol–water partition coefficient (Wildman–Crippen LogP) is 1.66. The average Bonchev–Trinajstić information content (AvgIpc) is 2.38. The lowest BCUT2D eigenvalue weighted by Crippen LogP contribution is -3.59. The van der Waals surface area contributed by atoms with E-state index in [0.717, 1.165) is 6.42 Å². The maximum Gasteiger partial charge on any atom is 0.419 e. The van der Waals surface area contributed by atoms with Crippen LogP contribution in [-0.2, 0) is 0 Å². The molecule has 0 aromatic heterocycles. The highest BCUT2D eigenvalue weighted by Gasteiger charge is 2.05. The molecule has 0 unspecified atom stereocenters. The second-order valence-electron chi connectivity index (χ2n) is 4.18. The maximum absolute atomic E-state index is 3.36. The van der Waals surface area contributed by atoms with Crippen LogP contribution in [0, 0.1) is 13.4 Å². The second kappa shape index (κ2) is 10.7. The van der Waals surface area contributed by atoms with E-state index in [9.17, 15) is 0 Å². The number of unbranched alkanes of at least 4 members (excludes halogenated alkanes) is 6. The van der Waals surface area contributed by atoms with Gasteiger partial charge in [0, 0.05) is 6.42 Å². The molecule has 0 N–H and O–H groups in total. The lowest BCUT2D eigenvalue weighted by atomic mass is 10.1. The van der Waals surface area contributed by atoms with Gasteiger partial charge in [0.1, 0.15) is 0 Å². The number of hydrogen-bond acceptors (Lipinski definition) is 0. The fourth-order valence-corrected chi connectivity index (χ4v) is 3.15. The first-order valence-corrected chi connectivity index (χ1v) is 8.76. The molecular formula is C16H22I+. The summed E-state index contributed by atoms with van der Waals surface area (Å²) in [7, 11) is 0. The van der Waals surface area contributed by atoms with Gasteiger partial charge in [0.25, 0.3) is 0 Å². The predicted molar refractivity (Wildman–Crippen MR) is 70.9 cm³/mol. The molecule has 1 aromatic carbocycles. The Balaban J connectivity index is 2.00. The van der Waals surface area contributed by atoms with E-state index in [1.54, 1.807) is 0 Å². The summed E-state index contributed by atoms with van der Waals surface area (Å²) >= 11 is -0.0664. The molecule has 0 amide bonds. The minimum atomic E-state index is -0.0664. The first kappa shape index (κ1) is 14.6. The summed E-state index contributed by atoms with van der Waals surface area (Å²) in [6, 6.07) is 10.6. The van der Waals surface area contributed by atoms with Crippen molar-refractivity contribution < 1.29 is 21.2 Å². The molecule has 0 aliphatic rings. The molecule has 0 bridgehead atoms. The Morgan fingerprint density at radius 2 is 1.65 bits per heavy atom. The molecule has 17 heavy (non-hydrogen) atoms. The third kappa shape index (κ3) is 8.26. The van der Waals surface area contributed by atoms with Crippen molar-refractivity contribution in [1.82, 2.24) is 0 Å². The van der Waals surface area contributed by atoms with Gasteiger partial charge in [-0.25, -0.2) is 0 Å². The molecule has 0 atom stereocenters. The van der Waals surface area contributed by atoms with Crippen LogP contribution in [0.15, 0.2) is 30.3 Å². The molecule has 0 nitrogen and oxygen atoms in total. The Hall–Kier alpha value is -0.490. The summed E-state index contributed by atoms with van der Waals surface area (Å²) in [5.74, 6) is 3.32. The summed E-state index contributed by atoms with van der Waals surface area (Å²) in [6.45, 7) is 2.26. The van der Waals surface area contributed by atoms with Crippen molar-refractivity contribution in [2.75, 3.05) is 0 Å². The fraction of sp³-hybridized carbons (Fsp3) is 0.500. The molecule has 1 aromatic rings. The van der Waals surface area contributed by atoms with Gasteiger partial charge in [-0.15, -0.1) is 0 Å². The van der Waals surface area contributed by atoms with Crippen LogP contribution in [0.2, 0.25) is 0 Å². The van der Waals surface area contributed by atoms with Gasteiger partial charge in [0.05, 0.1) is 0 Å². The third-order valence-electron chi connectivity index (χ3n) is 2.61.